The third-order valence-electron chi connectivity index (χ3n) is 2.52. The average molecular weight is 155 g/mol. The van der Waals surface area contributed by atoms with Crippen molar-refractivity contribution in [3.63, 3.8) is 0 Å². The monoisotopic (exact) mass is 155 g/mol. The number of fused-ring (bicyclic) bond motifs is 2. The zero-order valence-electron chi connectivity index (χ0n) is 6.91. The van der Waals surface area contributed by atoms with Gasteiger partial charge in [-0.3, -0.25) is 9.69 Å². The molecule has 11 heavy (non-hydrogen) atoms. The summed E-state index contributed by atoms with van der Waals surface area (Å²) >= 11 is 0. The lowest BCUT2D eigenvalue weighted by Crippen LogP contribution is -2.44. The van der Waals surface area contributed by atoms with Crippen molar-refractivity contribution in [1.82, 2.24) is 4.90 Å². The highest BCUT2D eigenvalue weighted by Gasteiger charge is 2.46. The maximum Gasteiger partial charge on any atom is 0.323 e. The Morgan fingerprint density at radius 3 is 2.73 bits per heavy atom. The first-order valence-electron chi connectivity index (χ1n) is 4.14. The third-order valence-corrected chi connectivity index (χ3v) is 2.52. The van der Waals surface area contributed by atoms with E-state index < -0.39 is 0 Å². The molecule has 2 heterocycles. The van der Waals surface area contributed by atoms with E-state index in [0.29, 0.717) is 6.04 Å². The van der Waals surface area contributed by atoms with E-state index in [1.807, 2.05) is 0 Å². The van der Waals surface area contributed by atoms with Crippen molar-refractivity contribution in [2.45, 2.75) is 38.5 Å². The molecule has 3 heteroatoms. The van der Waals surface area contributed by atoms with Crippen molar-refractivity contribution in [1.29, 1.82) is 0 Å². The summed E-state index contributed by atoms with van der Waals surface area (Å²) in [5, 5.41) is 0. The molecule has 2 aliphatic rings. The molecule has 0 unspecified atom stereocenters. The van der Waals surface area contributed by atoms with Gasteiger partial charge in [0.2, 0.25) is 0 Å². The van der Waals surface area contributed by atoms with Gasteiger partial charge in [0.1, 0.15) is 12.1 Å². The fourth-order valence-electron chi connectivity index (χ4n) is 1.95. The van der Waals surface area contributed by atoms with Crippen LogP contribution in [0.2, 0.25) is 0 Å². The molecule has 0 aromatic carbocycles. The van der Waals surface area contributed by atoms with Crippen molar-refractivity contribution >= 4 is 5.97 Å². The van der Waals surface area contributed by atoms with Gasteiger partial charge in [0.25, 0.3) is 0 Å². The molecule has 3 nitrogen and oxygen atoms in total. The minimum absolute atomic E-state index is 0.0186. The van der Waals surface area contributed by atoms with Crippen LogP contribution in [0.5, 0.6) is 0 Å². The molecule has 0 amide bonds. The van der Waals surface area contributed by atoms with Crippen LogP contribution in [0.1, 0.15) is 20.3 Å². The highest BCUT2D eigenvalue weighted by Crippen LogP contribution is 2.30. The molecule has 2 bridgehead atoms. The first-order valence-corrected chi connectivity index (χ1v) is 4.14. The van der Waals surface area contributed by atoms with Crippen LogP contribution in [0.4, 0.5) is 0 Å². The van der Waals surface area contributed by atoms with Crippen molar-refractivity contribution in [2.24, 2.45) is 0 Å². The van der Waals surface area contributed by atoms with Crippen LogP contribution < -0.4 is 0 Å². The Morgan fingerprint density at radius 1 is 1.64 bits per heavy atom. The maximum atomic E-state index is 11.1. The Morgan fingerprint density at radius 2 is 2.36 bits per heavy atom. The summed E-state index contributed by atoms with van der Waals surface area (Å²) in [6, 6.07) is 0.540. The largest absolute Gasteiger partial charge is 0.460 e. The van der Waals surface area contributed by atoms with E-state index in [1.54, 1.807) is 0 Å². The summed E-state index contributed by atoms with van der Waals surface area (Å²) in [4.78, 5) is 13.3. The number of hydrogen-bond donors (Lipinski definition) is 0. The molecule has 2 fully saturated rings. The average Bonchev–Trinajstić information content (AvgIpc) is 2.43. The zero-order valence-corrected chi connectivity index (χ0v) is 6.91. The van der Waals surface area contributed by atoms with Gasteiger partial charge in [-0.25, -0.2) is 0 Å². The molecule has 0 spiro atoms. The van der Waals surface area contributed by atoms with Gasteiger partial charge in [0.15, 0.2) is 0 Å². The molecule has 0 radical (unpaired) electrons. The number of carbonyl (C=O) groups excluding carboxylic acids is 1. The molecule has 0 aliphatic carbocycles. The fraction of sp³-hybridized carbons (Fsp3) is 0.875. The predicted octanol–water partition coefficient (Wildman–Crippen LogP) is 0.395. The van der Waals surface area contributed by atoms with Crippen LogP contribution in [0.3, 0.4) is 0 Å². The Labute approximate surface area is 66.3 Å². The standard InChI is InChI=1S/C8H13NO2/c1-5(2)9-4-6-3-7(9)8(10)11-6/h5-7H,3-4H2,1-2H3/t6-,7-/m1/s1. The van der Waals surface area contributed by atoms with E-state index in [9.17, 15) is 4.79 Å². The van der Waals surface area contributed by atoms with Crippen LogP contribution in [0.15, 0.2) is 0 Å². The van der Waals surface area contributed by atoms with E-state index in [0.717, 1.165) is 13.0 Å². The molecule has 62 valence electrons. The maximum absolute atomic E-state index is 11.1. The van der Waals surface area contributed by atoms with Gasteiger partial charge in [-0.15, -0.1) is 0 Å². The number of esters is 1. The molecule has 2 rings (SSSR count). The van der Waals surface area contributed by atoms with Crippen molar-refractivity contribution < 1.29 is 9.53 Å². The smallest absolute Gasteiger partial charge is 0.323 e. The molecule has 2 aliphatic heterocycles. The SMILES string of the molecule is CC(C)N1C[C@H]2C[C@@H]1C(=O)O2. The van der Waals surface area contributed by atoms with E-state index in [2.05, 4.69) is 18.7 Å². The Hall–Kier alpha value is -0.570. The third kappa shape index (κ3) is 0.948. The lowest BCUT2D eigenvalue weighted by atomic mass is 10.2. The first kappa shape index (κ1) is 7.10. The number of likely N-dealkylation sites (tertiary alicyclic amines) is 1. The highest BCUT2D eigenvalue weighted by molar-refractivity contribution is 5.79. The second-order valence-corrected chi connectivity index (χ2v) is 3.60. The number of carbonyl (C=O) groups is 1. The number of hydrogen-bond acceptors (Lipinski definition) is 3. The van der Waals surface area contributed by atoms with Crippen LogP contribution in [0, 0.1) is 0 Å². The van der Waals surface area contributed by atoms with Gasteiger partial charge < -0.3 is 4.74 Å². The number of rotatable bonds is 1. The zero-order chi connectivity index (χ0) is 8.01. The molecule has 2 saturated heterocycles. The second-order valence-electron chi connectivity index (χ2n) is 3.60. The van der Waals surface area contributed by atoms with Gasteiger partial charge in [0.05, 0.1) is 0 Å². The lowest BCUT2D eigenvalue weighted by Gasteiger charge is -2.28. The summed E-state index contributed by atoms with van der Waals surface area (Å²) in [5.74, 6) is -0.0186. The van der Waals surface area contributed by atoms with E-state index >= 15 is 0 Å². The summed E-state index contributed by atoms with van der Waals surface area (Å²) in [6.07, 6.45) is 1.10. The molecular weight excluding hydrogens is 142 g/mol. The Kier molecular flexibility index (Phi) is 1.42. The Balaban J connectivity index is 2.12. The molecular formula is C8H13NO2. The van der Waals surface area contributed by atoms with Crippen LogP contribution in [-0.2, 0) is 9.53 Å². The topological polar surface area (TPSA) is 29.5 Å². The summed E-state index contributed by atoms with van der Waals surface area (Å²) < 4.78 is 5.06. The van der Waals surface area contributed by atoms with Crippen molar-refractivity contribution in [3.8, 4) is 0 Å². The lowest BCUT2D eigenvalue weighted by molar-refractivity contribution is -0.152. The summed E-state index contributed by atoms with van der Waals surface area (Å²) in [6.45, 7) is 5.18. The van der Waals surface area contributed by atoms with Gasteiger partial charge in [-0.05, 0) is 13.8 Å². The first-order chi connectivity index (χ1) is 5.18. The number of nitrogens with zero attached hydrogens (tertiary/aromatic N) is 1. The predicted molar refractivity (Wildman–Crippen MR) is 40.1 cm³/mol. The van der Waals surface area contributed by atoms with Crippen LogP contribution >= 0.6 is 0 Å². The van der Waals surface area contributed by atoms with Crippen LogP contribution in [-0.4, -0.2) is 35.6 Å². The molecule has 0 aromatic rings. The van der Waals surface area contributed by atoms with Crippen molar-refractivity contribution in [2.75, 3.05) is 6.54 Å². The van der Waals surface area contributed by atoms with Crippen LogP contribution in [0.25, 0.3) is 0 Å². The van der Waals surface area contributed by atoms with Crippen molar-refractivity contribution in [3.05, 3.63) is 0 Å². The second kappa shape index (κ2) is 2.21. The molecule has 2 atom stereocenters. The quantitative estimate of drug-likeness (QED) is 0.513. The summed E-state index contributed by atoms with van der Waals surface area (Å²) in [7, 11) is 0. The number of morpholine rings is 1. The van der Waals surface area contributed by atoms with E-state index in [4.69, 9.17) is 4.74 Å². The van der Waals surface area contributed by atoms with E-state index in [-0.39, 0.29) is 18.1 Å². The summed E-state index contributed by atoms with van der Waals surface area (Å²) in [5.41, 5.74) is 0. The van der Waals surface area contributed by atoms with E-state index in [1.165, 1.54) is 0 Å². The fourth-order valence-corrected chi connectivity index (χ4v) is 1.95. The molecule has 0 aromatic heterocycles. The number of ether oxygens (including phenoxy) is 1. The molecule has 0 saturated carbocycles. The highest BCUT2D eigenvalue weighted by atomic mass is 16.6. The van der Waals surface area contributed by atoms with Gasteiger partial charge in [-0.2, -0.15) is 0 Å². The van der Waals surface area contributed by atoms with Gasteiger partial charge in [-0.1, -0.05) is 0 Å². The minimum atomic E-state index is -0.0186. The normalized spacial score (nSPS) is 36.8. The Bertz CT molecular complexity index is 191. The minimum Gasteiger partial charge on any atom is -0.460 e. The van der Waals surface area contributed by atoms with Gasteiger partial charge >= 0.3 is 5.97 Å². The van der Waals surface area contributed by atoms with Gasteiger partial charge in [0, 0.05) is 19.0 Å². The molecule has 0 N–H and O–H groups in total.